The second-order valence-electron chi connectivity index (χ2n) is 6.91. The predicted molar refractivity (Wildman–Crippen MR) is 99.6 cm³/mol. The average Bonchev–Trinajstić information content (AvgIpc) is 2.66. The maximum absolute atomic E-state index is 12.9. The van der Waals surface area contributed by atoms with Gasteiger partial charge in [0.2, 0.25) is 0 Å². The van der Waals surface area contributed by atoms with Crippen molar-refractivity contribution in [3.63, 3.8) is 0 Å². The maximum Gasteiger partial charge on any atom is 0.341 e. The zero-order valence-electron chi connectivity index (χ0n) is 16.1. The largest absolute Gasteiger partial charge is 0.493 e. The molecular formula is C20H29NO5. The highest BCUT2D eigenvalue weighted by Gasteiger charge is 2.42. The Bertz CT molecular complexity index is 645. The van der Waals surface area contributed by atoms with E-state index in [1.54, 1.807) is 25.3 Å². The Morgan fingerprint density at radius 2 is 2.08 bits per heavy atom. The van der Waals surface area contributed by atoms with Crippen LogP contribution in [0.3, 0.4) is 0 Å². The van der Waals surface area contributed by atoms with Gasteiger partial charge in [-0.1, -0.05) is 20.3 Å². The molecule has 1 fully saturated rings. The van der Waals surface area contributed by atoms with Gasteiger partial charge in [0.25, 0.3) is 5.91 Å². The van der Waals surface area contributed by atoms with Crippen molar-refractivity contribution in [2.45, 2.75) is 51.6 Å². The molecule has 144 valence electrons. The minimum atomic E-state index is -0.819. The lowest BCUT2D eigenvalue weighted by molar-refractivity contribution is -0.143. The van der Waals surface area contributed by atoms with Crippen molar-refractivity contribution in [1.29, 1.82) is 0 Å². The third kappa shape index (κ3) is 4.55. The maximum atomic E-state index is 12.9. The number of anilines is 1. The molecule has 2 atom stereocenters. The zero-order valence-corrected chi connectivity index (χ0v) is 16.1. The van der Waals surface area contributed by atoms with E-state index in [-0.39, 0.29) is 5.91 Å². The van der Waals surface area contributed by atoms with E-state index in [4.69, 9.17) is 14.2 Å². The van der Waals surface area contributed by atoms with Gasteiger partial charge in [-0.05, 0) is 49.8 Å². The monoisotopic (exact) mass is 363 g/mol. The lowest BCUT2D eigenvalue weighted by Crippen LogP contribution is -2.47. The van der Waals surface area contributed by atoms with Crippen LogP contribution in [0.2, 0.25) is 0 Å². The number of methoxy groups -OCH3 is 2. The Labute approximate surface area is 155 Å². The smallest absolute Gasteiger partial charge is 0.341 e. The molecule has 0 saturated heterocycles. The summed E-state index contributed by atoms with van der Waals surface area (Å²) in [6.07, 6.45) is 4.28. The van der Waals surface area contributed by atoms with Crippen LogP contribution >= 0.6 is 0 Å². The normalized spacial score (nSPS) is 22.5. The lowest BCUT2D eigenvalue weighted by Gasteiger charge is -2.37. The van der Waals surface area contributed by atoms with Gasteiger partial charge in [0, 0.05) is 12.8 Å². The minimum Gasteiger partial charge on any atom is -0.493 e. The Morgan fingerprint density at radius 1 is 1.31 bits per heavy atom. The van der Waals surface area contributed by atoms with Crippen molar-refractivity contribution in [2.75, 3.05) is 26.1 Å². The summed E-state index contributed by atoms with van der Waals surface area (Å²) in [5.74, 6) is 0.207. The second-order valence-corrected chi connectivity index (χ2v) is 6.91. The molecule has 1 aliphatic rings. The van der Waals surface area contributed by atoms with E-state index < -0.39 is 11.6 Å². The van der Waals surface area contributed by atoms with Gasteiger partial charge in [-0.2, -0.15) is 0 Å². The summed E-state index contributed by atoms with van der Waals surface area (Å²) < 4.78 is 16.1. The first-order valence-corrected chi connectivity index (χ1v) is 9.17. The highest BCUT2D eigenvalue weighted by molar-refractivity contribution is 5.99. The van der Waals surface area contributed by atoms with Crippen LogP contribution in [-0.2, 0) is 14.3 Å². The molecule has 0 unspecified atom stereocenters. The molecule has 1 saturated carbocycles. The zero-order chi connectivity index (χ0) is 19.2. The third-order valence-corrected chi connectivity index (χ3v) is 4.86. The summed E-state index contributed by atoms with van der Waals surface area (Å²) in [5.41, 5.74) is -0.00311. The summed E-state index contributed by atoms with van der Waals surface area (Å²) in [7, 11) is 2.90. The molecule has 0 radical (unpaired) electrons. The van der Waals surface area contributed by atoms with Gasteiger partial charge in [0.1, 0.15) is 16.9 Å². The first-order chi connectivity index (χ1) is 12.5. The van der Waals surface area contributed by atoms with Crippen molar-refractivity contribution in [1.82, 2.24) is 0 Å². The van der Waals surface area contributed by atoms with Crippen LogP contribution in [0.15, 0.2) is 18.2 Å². The summed E-state index contributed by atoms with van der Waals surface area (Å²) in [4.78, 5) is 24.9. The summed E-state index contributed by atoms with van der Waals surface area (Å²) >= 11 is 0. The molecule has 1 N–H and O–H groups in total. The van der Waals surface area contributed by atoms with E-state index in [0.29, 0.717) is 42.4 Å². The van der Waals surface area contributed by atoms with Gasteiger partial charge in [-0.25, -0.2) is 4.79 Å². The molecule has 6 nitrogen and oxygen atoms in total. The standard InChI is InChI=1S/C20H29NO5/c1-5-11-26-17-9-8-15(12-16(17)18(22)24-3)21-19(23)20(25-4)10-6-7-14(2)13-20/h8-9,12,14H,5-7,10-11,13H2,1-4H3,(H,21,23)/t14-,20+/m0/s1. The van der Waals surface area contributed by atoms with Crippen LogP contribution in [0.5, 0.6) is 5.75 Å². The van der Waals surface area contributed by atoms with Crippen LogP contribution in [0, 0.1) is 5.92 Å². The summed E-state index contributed by atoms with van der Waals surface area (Å²) in [5, 5.41) is 2.90. The van der Waals surface area contributed by atoms with Crippen molar-refractivity contribution < 1.29 is 23.8 Å². The number of rotatable bonds is 7. The van der Waals surface area contributed by atoms with Gasteiger partial charge < -0.3 is 19.5 Å². The number of amides is 1. The molecule has 1 amide bonds. The van der Waals surface area contributed by atoms with Gasteiger partial charge in [0.15, 0.2) is 0 Å². The van der Waals surface area contributed by atoms with Crippen LogP contribution in [0.1, 0.15) is 56.3 Å². The fourth-order valence-electron chi connectivity index (χ4n) is 3.45. The van der Waals surface area contributed by atoms with E-state index in [2.05, 4.69) is 12.2 Å². The fourth-order valence-corrected chi connectivity index (χ4v) is 3.45. The number of nitrogens with one attached hydrogen (secondary N) is 1. The summed E-state index contributed by atoms with van der Waals surface area (Å²) in [6, 6.07) is 5.00. The molecule has 26 heavy (non-hydrogen) atoms. The van der Waals surface area contributed by atoms with Crippen molar-refractivity contribution in [3.8, 4) is 5.75 Å². The first-order valence-electron chi connectivity index (χ1n) is 9.17. The highest BCUT2D eigenvalue weighted by Crippen LogP contribution is 2.36. The quantitative estimate of drug-likeness (QED) is 0.746. The Balaban J connectivity index is 2.22. The molecule has 1 aliphatic carbocycles. The van der Waals surface area contributed by atoms with Gasteiger partial charge in [-0.3, -0.25) is 4.79 Å². The van der Waals surface area contributed by atoms with Crippen molar-refractivity contribution in [3.05, 3.63) is 23.8 Å². The Hall–Kier alpha value is -2.08. The number of esters is 1. The Morgan fingerprint density at radius 3 is 2.69 bits per heavy atom. The van der Waals surface area contributed by atoms with E-state index in [1.165, 1.54) is 7.11 Å². The molecule has 0 aromatic heterocycles. The van der Waals surface area contributed by atoms with Gasteiger partial charge >= 0.3 is 5.97 Å². The van der Waals surface area contributed by atoms with E-state index in [0.717, 1.165) is 19.3 Å². The number of carbonyl (C=O) groups excluding carboxylic acids is 2. The molecule has 0 aliphatic heterocycles. The van der Waals surface area contributed by atoms with Crippen molar-refractivity contribution in [2.24, 2.45) is 5.92 Å². The molecule has 1 aromatic rings. The molecule has 0 heterocycles. The SMILES string of the molecule is CCCOc1ccc(NC(=O)[C@@]2(OC)CCC[C@H](C)C2)cc1C(=O)OC. The van der Waals surface area contributed by atoms with Crippen LogP contribution in [-0.4, -0.2) is 38.3 Å². The molecule has 6 heteroatoms. The van der Waals surface area contributed by atoms with E-state index >= 15 is 0 Å². The number of ether oxygens (including phenoxy) is 3. The molecule has 1 aromatic carbocycles. The van der Waals surface area contributed by atoms with Crippen LogP contribution in [0.25, 0.3) is 0 Å². The second kappa shape index (κ2) is 9.03. The number of hydrogen-bond acceptors (Lipinski definition) is 5. The topological polar surface area (TPSA) is 73.9 Å². The number of hydrogen-bond donors (Lipinski definition) is 1. The van der Waals surface area contributed by atoms with Crippen LogP contribution in [0.4, 0.5) is 5.69 Å². The molecule has 0 spiro atoms. The van der Waals surface area contributed by atoms with E-state index in [9.17, 15) is 9.59 Å². The predicted octanol–water partition coefficient (Wildman–Crippen LogP) is 3.80. The highest BCUT2D eigenvalue weighted by atomic mass is 16.5. The molecule has 2 rings (SSSR count). The average molecular weight is 363 g/mol. The van der Waals surface area contributed by atoms with Gasteiger partial charge in [0.05, 0.1) is 13.7 Å². The first kappa shape index (κ1) is 20.2. The minimum absolute atomic E-state index is 0.176. The fraction of sp³-hybridized carbons (Fsp3) is 0.600. The number of carbonyl (C=O) groups is 2. The summed E-state index contributed by atoms with van der Waals surface area (Å²) in [6.45, 7) is 4.62. The third-order valence-electron chi connectivity index (χ3n) is 4.86. The molecule has 0 bridgehead atoms. The molecular weight excluding hydrogens is 334 g/mol. The number of benzene rings is 1. The Kier molecular flexibility index (Phi) is 7.03. The van der Waals surface area contributed by atoms with E-state index in [1.807, 2.05) is 6.92 Å². The van der Waals surface area contributed by atoms with Gasteiger partial charge in [-0.15, -0.1) is 0 Å². The van der Waals surface area contributed by atoms with Crippen molar-refractivity contribution >= 4 is 17.6 Å². The lowest BCUT2D eigenvalue weighted by atomic mass is 9.78. The van der Waals surface area contributed by atoms with Crippen LogP contribution < -0.4 is 10.1 Å².